The van der Waals surface area contributed by atoms with Gasteiger partial charge < -0.3 is 19.0 Å². The number of ether oxygens (including phenoxy) is 2. The molecule has 1 saturated heterocycles. The second-order valence-corrected chi connectivity index (χ2v) is 3.22. The molecule has 1 aromatic rings. The molecular weight excluding hydrogens is 204 g/mol. The molecule has 15 heavy (non-hydrogen) atoms. The third-order valence-corrected chi connectivity index (χ3v) is 2.37. The molecule has 0 amide bonds. The first-order valence-corrected chi connectivity index (χ1v) is 4.38. The van der Waals surface area contributed by atoms with E-state index in [1.54, 1.807) is 0 Å². The SMILES string of the molecule is COC1(c2nnc(C(=O)O)o2)CCOC1. The predicted octanol–water partition coefficient (Wildman–Crippen LogP) is 0.0298. The Balaban J connectivity index is 2.30. The van der Waals surface area contributed by atoms with Crippen LogP contribution in [-0.4, -0.2) is 41.6 Å². The lowest BCUT2D eigenvalue weighted by molar-refractivity contribution is -0.0416. The molecule has 0 aromatic carbocycles. The van der Waals surface area contributed by atoms with Crippen molar-refractivity contribution in [2.75, 3.05) is 20.3 Å². The molecule has 0 saturated carbocycles. The molecule has 2 rings (SSSR count). The number of aromatic carboxylic acids is 1. The van der Waals surface area contributed by atoms with E-state index in [0.717, 1.165) is 0 Å². The summed E-state index contributed by atoms with van der Waals surface area (Å²) >= 11 is 0. The minimum Gasteiger partial charge on any atom is -0.474 e. The number of hydrogen-bond acceptors (Lipinski definition) is 6. The van der Waals surface area contributed by atoms with E-state index in [2.05, 4.69) is 10.2 Å². The third kappa shape index (κ3) is 1.59. The van der Waals surface area contributed by atoms with Crippen molar-refractivity contribution in [3.8, 4) is 0 Å². The highest BCUT2D eigenvalue weighted by Crippen LogP contribution is 2.32. The number of hydrogen-bond donors (Lipinski definition) is 1. The lowest BCUT2D eigenvalue weighted by atomic mass is 10.0. The fourth-order valence-electron chi connectivity index (χ4n) is 1.46. The molecule has 1 aliphatic rings. The summed E-state index contributed by atoms with van der Waals surface area (Å²) in [6.45, 7) is 0.823. The van der Waals surface area contributed by atoms with E-state index in [-0.39, 0.29) is 5.89 Å². The Kier molecular flexibility index (Phi) is 2.41. The van der Waals surface area contributed by atoms with Crippen molar-refractivity contribution in [1.82, 2.24) is 10.2 Å². The molecule has 1 aromatic heterocycles. The molecule has 1 unspecified atom stereocenters. The van der Waals surface area contributed by atoms with Gasteiger partial charge in [0.05, 0.1) is 13.2 Å². The fraction of sp³-hybridized carbons (Fsp3) is 0.625. The maximum absolute atomic E-state index is 10.6. The summed E-state index contributed by atoms with van der Waals surface area (Å²) < 4.78 is 15.4. The Labute approximate surface area is 85.0 Å². The van der Waals surface area contributed by atoms with Gasteiger partial charge in [-0.05, 0) is 0 Å². The average Bonchev–Trinajstić information content (AvgIpc) is 2.87. The number of nitrogens with zero attached hydrogens (tertiary/aromatic N) is 2. The third-order valence-electron chi connectivity index (χ3n) is 2.37. The lowest BCUT2D eigenvalue weighted by Gasteiger charge is -2.20. The van der Waals surface area contributed by atoms with Crippen molar-refractivity contribution in [2.45, 2.75) is 12.0 Å². The van der Waals surface area contributed by atoms with Gasteiger partial charge in [-0.15, -0.1) is 10.2 Å². The highest BCUT2D eigenvalue weighted by Gasteiger charge is 2.42. The molecule has 2 heterocycles. The van der Waals surface area contributed by atoms with Crippen LogP contribution in [0.5, 0.6) is 0 Å². The van der Waals surface area contributed by atoms with Gasteiger partial charge in [0, 0.05) is 13.5 Å². The van der Waals surface area contributed by atoms with Crippen LogP contribution in [0, 0.1) is 0 Å². The van der Waals surface area contributed by atoms with E-state index in [4.69, 9.17) is 19.0 Å². The number of carbonyl (C=O) groups is 1. The summed E-state index contributed by atoms with van der Waals surface area (Å²) in [5.41, 5.74) is -0.791. The van der Waals surface area contributed by atoms with Crippen molar-refractivity contribution < 1.29 is 23.8 Å². The van der Waals surface area contributed by atoms with Gasteiger partial charge in [0.15, 0.2) is 5.60 Å². The van der Waals surface area contributed by atoms with Crippen LogP contribution in [0.15, 0.2) is 4.42 Å². The molecule has 0 aliphatic carbocycles. The predicted molar refractivity (Wildman–Crippen MR) is 45.4 cm³/mol. The topological polar surface area (TPSA) is 94.7 Å². The summed E-state index contributed by atoms with van der Waals surface area (Å²) in [5.74, 6) is -1.54. The van der Waals surface area contributed by atoms with Gasteiger partial charge in [-0.2, -0.15) is 0 Å². The Morgan fingerprint density at radius 3 is 2.87 bits per heavy atom. The van der Waals surface area contributed by atoms with E-state index in [9.17, 15) is 4.79 Å². The Hall–Kier alpha value is -1.47. The largest absolute Gasteiger partial charge is 0.474 e. The van der Waals surface area contributed by atoms with Crippen LogP contribution in [0.3, 0.4) is 0 Å². The monoisotopic (exact) mass is 214 g/mol. The van der Waals surface area contributed by atoms with Crippen molar-refractivity contribution in [1.29, 1.82) is 0 Å². The van der Waals surface area contributed by atoms with Gasteiger partial charge in [-0.3, -0.25) is 0 Å². The van der Waals surface area contributed by atoms with Crippen LogP contribution in [0.2, 0.25) is 0 Å². The summed E-state index contributed by atoms with van der Waals surface area (Å²) in [4.78, 5) is 10.6. The first-order valence-electron chi connectivity index (χ1n) is 4.38. The first-order chi connectivity index (χ1) is 7.18. The van der Waals surface area contributed by atoms with Gasteiger partial charge in [0.25, 0.3) is 5.89 Å². The maximum atomic E-state index is 10.6. The average molecular weight is 214 g/mol. The zero-order valence-corrected chi connectivity index (χ0v) is 8.10. The minimum absolute atomic E-state index is 0.153. The molecular formula is C8H10N2O5. The molecule has 0 bridgehead atoms. The van der Waals surface area contributed by atoms with Gasteiger partial charge in [-0.1, -0.05) is 0 Å². The number of aromatic nitrogens is 2. The Bertz CT molecular complexity index is 369. The standard InChI is InChI=1S/C8H10N2O5/c1-13-8(2-3-14-4-8)7-10-9-5(15-7)6(11)12/h2-4H2,1H3,(H,11,12). The Morgan fingerprint density at radius 1 is 1.60 bits per heavy atom. The van der Waals surface area contributed by atoms with Crippen LogP contribution in [0.25, 0.3) is 0 Å². The summed E-state index contributed by atoms with van der Waals surface area (Å²) in [7, 11) is 1.50. The number of methoxy groups -OCH3 is 1. The molecule has 0 radical (unpaired) electrons. The first kappa shape index (κ1) is 10.1. The van der Waals surface area contributed by atoms with Crippen LogP contribution < -0.4 is 0 Å². The normalized spacial score (nSPS) is 25.7. The highest BCUT2D eigenvalue weighted by atomic mass is 16.6. The van der Waals surface area contributed by atoms with Gasteiger partial charge in [-0.25, -0.2) is 4.79 Å². The number of carboxylic acid groups (broad SMARTS) is 1. The molecule has 1 fully saturated rings. The lowest BCUT2D eigenvalue weighted by Crippen LogP contribution is -2.29. The van der Waals surface area contributed by atoms with Crippen molar-refractivity contribution >= 4 is 5.97 Å². The van der Waals surface area contributed by atoms with Crippen LogP contribution >= 0.6 is 0 Å². The molecule has 1 atom stereocenters. The zero-order valence-electron chi connectivity index (χ0n) is 8.10. The van der Waals surface area contributed by atoms with E-state index >= 15 is 0 Å². The summed E-state index contributed by atoms with van der Waals surface area (Å²) in [5, 5.41) is 15.7. The van der Waals surface area contributed by atoms with Crippen LogP contribution in [-0.2, 0) is 15.1 Å². The fourth-order valence-corrected chi connectivity index (χ4v) is 1.46. The van der Waals surface area contributed by atoms with E-state index < -0.39 is 17.5 Å². The van der Waals surface area contributed by atoms with Crippen molar-refractivity contribution in [3.63, 3.8) is 0 Å². The molecule has 0 spiro atoms. The summed E-state index contributed by atoms with van der Waals surface area (Å²) in [6.07, 6.45) is 0.574. The second-order valence-electron chi connectivity index (χ2n) is 3.22. The van der Waals surface area contributed by atoms with E-state index in [1.807, 2.05) is 0 Å². The van der Waals surface area contributed by atoms with Crippen LogP contribution in [0.1, 0.15) is 23.0 Å². The van der Waals surface area contributed by atoms with E-state index in [1.165, 1.54) is 7.11 Å². The maximum Gasteiger partial charge on any atom is 0.393 e. The molecule has 7 heteroatoms. The second kappa shape index (κ2) is 3.59. The summed E-state index contributed by atoms with van der Waals surface area (Å²) in [6, 6.07) is 0. The van der Waals surface area contributed by atoms with Crippen LogP contribution in [0.4, 0.5) is 0 Å². The quantitative estimate of drug-likeness (QED) is 0.758. The Morgan fingerprint density at radius 2 is 2.40 bits per heavy atom. The molecule has 1 N–H and O–H groups in total. The molecule has 82 valence electrons. The van der Waals surface area contributed by atoms with Gasteiger partial charge in [0.1, 0.15) is 0 Å². The van der Waals surface area contributed by atoms with Crippen molar-refractivity contribution in [3.05, 3.63) is 11.8 Å². The molecule has 1 aliphatic heterocycles. The smallest absolute Gasteiger partial charge is 0.393 e. The minimum atomic E-state index is -1.25. The van der Waals surface area contributed by atoms with Crippen molar-refractivity contribution in [2.24, 2.45) is 0 Å². The van der Waals surface area contributed by atoms with E-state index in [0.29, 0.717) is 19.6 Å². The highest BCUT2D eigenvalue weighted by molar-refractivity contribution is 5.81. The zero-order chi connectivity index (χ0) is 10.9. The number of rotatable bonds is 3. The van der Waals surface area contributed by atoms with Gasteiger partial charge in [0.2, 0.25) is 0 Å². The number of carboxylic acids is 1. The molecule has 7 nitrogen and oxygen atoms in total. The van der Waals surface area contributed by atoms with Gasteiger partial charge >= 0.3 is 11.9 Å².